The Morgan fingerprint density at radius 1 is 1.30 bits per heavy atom. The number of hydrogen-bond acceptors (Lipinski definition) is 4. The van der Waals surface area contributed by atoms with E-state index in [1.54, 1.807) is 18.2 Å². The largest absolute Gasteiger partial charge is 0.380 e. The molecule has 0 heterocycles. The lowest BCUT2D eigenvalue weighted by Gasteiger charge is -2.14. The van der Waals surface area contributed by atoms with Crippen LogP contribution in [0.15, 0.2) is 18.2 Å². The number of hydrogen-bond donors (Lipinski definition) is 3. The Morgan fingerprint density at radius 3 is 2.43 bits per heavy atom. The molecule has 0 fully saturated rings. The van der Waals surface area contributed by atoms with Crippen LogP contribution < -0.4 is 16.4 Å². The van der Waals surface area contributed by atoms with Gasteiger partial charge in [0, 0.05) is 30.9 Å². The van der Waals surface area contributed by atoms with Crippen molar-refractivity contribution in [3.8, 4) is 0 Å². The van der Waals surface area contributed by atoms with Crippen molar-refractivity contribution in [1.29, 1.82) is 0 Å². The molecule has 1 aromatic carbocycles. The molecule has 1 unspecified atom stereocenters. The lowest BCUT2D eigenvalue weighted by Crippen LogP contribution is -2.30. The minimum atomic E-state index is -0.294. The minimum Gasteiger partial charge on any atom is -0.380 e. The van der Waals surface area contributed by atoms with E-state index in [4.69, 9.17) is 10.5 Å². The monoisotopic (exact) mass is 343 g/mol. The Labute approximate surface area is 143 Å². The first-order valence-corrected chi connectivity index (χ1v) is 7.31. The highest BCUT2D eigenvalue weighted by molar-refractivity contribution is 5.97. The lowest BCUT2D eigenvalue weighted by molar-refractivity contribution is -0.118. The Hall–Kier alpha value is -1.63. The van der Waals surface area contributed by atoms with Gasteiger partial charge in [-0.3, -0.25) is 9.59 Å². The summed E-state index contributed by atoms with van der Waals surface area (Å²) in [6.45, 7) is 5.94. The second-order valence-corrected chi connectivity index (χ2v) is 5.50. The number of nitrogens with one attached hydrogen (secondary N) is 2. The molecule has 0 aliphatic rings. The van der Waals surface area contributed by atoms with Gasteiger partial charge in [0.25, 0.3) is 5.91 Å². The minimum absolute atomic E-state index is 0. The third-order valence-corrected chi connectivity index (χ3v) is 3.18. The van der Waals surface area contributed by atoms with E-state index in [-0.39, 0.29) is 49.3 Å². The van der Waals surface area contributed by atoms with E-state index in [2.05, 4.69) is 10.6 Å². The normalized spacial score (nSPS) is 11.6. The van der Waals surface area contributed by atoms with Crippen LogP contribution >= 0.6 is 12.4 Å². The van der Waals surface area contributed by atoms with E-state index in [0.717, 1.165) is 5.56 Å². The number of halogens is 1. The molecule has 6 nitrogen and oxygen atoms in total. The van der Waals surface area contributed by atoms with Gasteiger partial charge in [0.05, 0.1) is 12.5 Å². The van der Waals surface area contributed by atoms with Crippen LogP contribution in [0.2, 0.25) is 0 Å². The summed E-state index contributed by atoms with van der Waals surface area (Å²) in [6, 6.07) is 5.27. The van der Waals surface area contributed by atoms with Crippen LogP contribution in [0.3, 0.4) is 0 Å². The van der Waals surface area contributed by atoms with Crippen LogP contribution in [0.25, 0.3) is 0 Å². The molecular formula is C16H26ClN3O3. The molecule has 2 amide bonds. The van der Waals surface area contributed by atoms with Crippen LogP contribution in [0.5, 0.6) is 0 Å². The first-order valence-electron chi connectivity index (χ1n) is 7.31. The van der Waals surface area contributed by atoms with Crippen molar-refractivity contribution in [3.63, 3.8) is 0 Å². The van der Waals surface area contributed by atoms with Gasteiger partial charge in [-0.05, 0) is 44.5 Å². The van der Waals surface area contributed by atoms with Gasteiger partial charge in [0.15, 0.2) is 0 Å². The number of ether oxygens (including phenoxy) is 1. The fourth-order valence-electron chi connectivity index (χ4n) is 2.02. The highest BCUT2D eigenvalue weighted by atomic mass is 35.5. The number of carbonyl (C=O) groups excluding carboxylic acids is 2. The SMILES string of the molecule is COC(CN)CC(=O)Nc1ccc(C(=O)NC(C)C)c(C)c1.Cl. The first kappa shape index (κ1) is 21.4. The summed E-state index contributed by atoms with van der Waals surface area (Å²) in [5.74, 6) is -0.288. The molecule has 1 rings (SSSR count). The van der Waals surface area contributed by atoms with Crippen molar-refractivity contribution in [1.82, 2.24) is 5.32 Å². The van der Waals surface area contributed by atoms with Gasteiger partial charge in [0.1, 0.15) is 0 Å². The molecule has 0 aliphatic heterocycles. The van der Waals surface area contributed by atoms with E-state index < -0.39 is 0 Å². The smallest absolute Gasteiger partial charge is 0.251 e. The average molecular weight is 344 g/mol. The molecule has 1 atom stereocenters. The Bertz CT molecular complexity index is 531. The van der Waals surface area contributed by atoms with E-state index in [9.17, 15) is 9.59 Å². The molecule has 23 heavy (non-hydrogen) atoms. The zero-order chi connectivity index (χ0) is 16.7. The fourth-order valence-corrected chi connectivity index (χ4v) is 2.02. The average Bonchev–Trinajstić information content (AvgIpc) is 2.43. The Morgan fingerprint density at radius 2 is 1.96 bits per heavy atom. The summed E-state index contributed by atoms with van der Waals surface area (Å²) in [5.41, 5.74) is 7.55. The van der Waals surface area contributed by atoms with Crippen molar-refractivity contribution < 1.29 is 14.3 Å². The number of benzene rings is 1. The van der Waals surface area contributed by atoms with Crippen molar-refractivity contribution in [2.45, 2.75) is 39.3 Å². The lowest BCUT2D eigenvalue weighted by atomic mass is 10.1. The zero-order valence-electron chi connectivity index (χ0n) is 14.0. The molecule has 7 heteroatoms. The summed E-state index contributed by atoms with van der Waals surface area (Å²) in [6.07, 6.45) is -0.0982. The number of carbonyl (C=O) groups is 2. The Balaban J connectivity index is 0.00000484. The predicted molar refractivity (Wildman–Crippen MR) is 94.1 cm³/mol. The second kappa shape index (κ2) is 10.2. The second-order valence-electron chi connectivity index (χ2n) is 5.50. The van der Waals surface area contributed by atoms with E-state index >= 15 is 0 Å². The molecule has 4 N–H and O–H groups in total. The summed E-state index contributed by atoms with van der Waals surface area (Å²) < 4.78 is 5.08. The third-order valence-electron chi connectivity index (χ3n) is 3.18. The molecule has 0 saturated carbocycles. The highest BCUT2D eigenvalue weighted by Crippen LogP contribution is 2.16. The quantitative estimate of drug-likeness (QED) is 0.704. The third kappa shape index (κ3) is 6.99. The number of amides is 2. The predicted octanol–water partition coefficient (Wildman–Crippen LogP) is 1.86. The van der Waals surface area contributed by atoms with Gasteiger partial charge < -0.3 is 21.1 Å². The summed E-state index contributed by atoms with van der Waals surface area (Å²) in [5, 5.41) is 5.63. The van der Waals surface area contributed by atoms with Crippen molar-refractivity contribution in [2.75, 3.05) is 19.0 Å². The molecule has 1 aromatic rings. The number of anilines is 1. The van der Waals surface area contributed by atoms with Crippen LogP contribution in [0, 0.1) is 6.92 Å². The molecule has 0 radical (unpaired) electrons. The number of rotatable bonds is 7. The molecule has 0 aromatic heterocycles. The van der Waals surface area contributed by atoms with Crippen molar-refractivity contribution in [2.24, 2.45) is 5.73 Å². The van der Waals surface area contributed by atoms with Gasteiger partial charge >= 0.3 is 0 Å². The van der Waals surface area contributed by atoms with Crippen LogP contribution in [-0.4, -0.2) is 37.6 Å². The molecule has 0 spiro atoms. The molecule has 0 saturated heterocycles. The van der Waals surface area contributed by atoms with E-state index in [1.165, 1.54) is 7.11 Å². The standard InChI is InChI=1S/C16H25N3O3.ClH/c1-10(2)18-16(21)14-6-5-12(7-11(14)3)19-15(20)8-13(9-17)22-4;/h5-7,10,13H,8-9,17H2,1-4H3,(H,18,21)(H,19,20);1H. The van der Waals surface area contributed by atoms with Crippen molar-refractivity contribution >= 4 is 29.9 Å². The van der Waals surface area contributed by atoms with Gasteiger partial charge in [-0.15, -0.1) is 12.4 Å². The number of methoxy groups -OCH3 is 1. The maximum atomic E-state index is 12.0. The molecular weight excluding hydrogens is 318 g/mol. The van der Waals surface area contributed by atoms with E-state index in [1.807, 2.05) is 20.8 Å². The number of nitrogens with two attached hydrogens (primary N) is 1. The summed E-state index contributed by atoms with van der Waals surface area (Å²) >= 11 is 0. The highest BCUT2D eigenvalue weighted by Gasteiger charge is 2.13. The van der Waals surface area contributed by atoms with Crippen molar-refractivity contribution in [3.05, 3.63) is 29.3 Å². The zero-order valence-corrected chi connectivity index (χ0v) is 14.8. The van der Waals surface area contributed by atoms with Gasteiger partial charge in [0.2, 0.25) is 5.91 Å². The van der Waals surface area contributed by atoms with Gasteiger partial charge in [-0.2, -0.15) is 0 Å². The van der Waals surface area contributed by atoms with Crippen LogP contribution in [0.1, 0.15) is 36.2 Å². The van der Waals surface area contributed by atoms with E-state index in [0.29, 0.717) is 11.3 Å². The maximum absolute atomic E-state index is 12.0. The topological polar surface area (TPSA) is 93.4 Å². The molecule has 0 bridgehead atoms. The summed E-state index contributed by atoms with van der Waals surface area (Å²) in [7, 11) is 1.52. The van der Waals surface area contributed by atoms with Gasteiger partial charge in [-0.25, -0.2) is 0 Å². The molecule has 130 valence electrons. The molecule has 0 aliphatic carbocycles. The van der Waals surface area contributed by atoms with Crippen LogP contribution in [-0.2, 0) is 9.53 Å². The fraction of sp³-hybridized carbons (Fsp3) is 0.500. The Kier molecular flexibility index (Phi) is 9.48. The van der Waals surface area contributed by atoms with Gasteiger partial charge in [-0.1, -0.05) is 0 Å². The maximum Gasteiger partial charge on any atom is 0.251 e. The number of aryl methyl sites for hydroxylation is 1. The van der Waals surface area contributed by atoms with Crippen LogP contribution in [0.4, 0.5) is 5.69 Å². The summed E-state index contributed by atoms with van der Waals surface area (Å²) in [4.78, 5) is 23.9. The first-order chi connectivity index (χ1) is 10.4.